The van der Waals surface area contributed by atoms with E-state index in [0.717, 1.165) is 6.07 Å². The van der Waals surface area contributed by atoms with Crippen molar-refractivity contribution in [3.8, 4) is 0 Å². The fraction of sp³-hybridized carbons (Fsp3) is 0. The molecule has 0 amide bonds. The van der Waals surface area contributed by atoms with Crippen molar-refractivity contribution < 1.29 is 12.8 Å². The Bertz CT molecular complexity index is 701. The van der Waals surface area contributed by atoms with E-state index in [-0.39, 0.29) is 11.4 Å². The van der Waals surface area contributed by atoms with Gasteiger partial charge in [0.1, 0.15) is 10.7 Å². The second-order valence-electron chi connectivity index (χ2n) is 3.62. The Morgan fingerprint density at radius 2 is 2.05 bits per heavy atom. The van der Waals surface area contributed by atoms with Crippen LogP contribution in [0.15, 0.2) is 46.0 Å². The molecule has 0 spiro atoms. The summed E-state index contributed by atoms with van der Waals surface area (Å²) in [6.45, 7) is 0. The zero-order valence-corrected chi connectivity index (χ0v) is 11.9. The lowest BCUT2D eigenvalue weighted by molar-refractivity contribution is 0.572. The maximum Gasteiger partial charge on any atom is 0.266 e. The first-order valence-corrected chi connectivity index (χ1v) is 7.36. The van der Waals surface area contributed by atoms with Gasteiger partial charge in [0, 0.05) is 12.4 Å². The maximum atomic E-state index is 13.6. The molecular weight excluding hydrogens is 337 g/mol. The minimum atomic E-state index is -4.10. The molecule has 2 aromatic rings. The van der Waals surface area contributed by atoms with Crippen LogP contribution in [-0.4, -0.2) is 13.4 Å². The van der Waals surface area contributed by atoms with E-state index in [1.165, 1.54) is 30.6 Å². The Hall–Kier alpha value is -1.67. The van der Waals surface area contributed by atoms with Crippen LogP contribution in [-0.2, 0) is 10.0 Å². The van der Waals surface area contributed by atoms with E-state index in [2.05, 4.69) is 25.6 Å². The number of nitrogens with zero attached hydrogens (tertiary/aromatic N) is 1. The predicted molar refractivity (Wildman–Crippen MR) is 73.6 cm³/mol. The molecule has 19 heavy (non-hydrogen) atoms. The monoisotopic (exact) mass is 345 g/mol. The van der Waals surface area contributed by atoms with Crippen molar-refractivity contribution in [2.75, 3.05) is 10.5 Å². The standard InChI is InChI=1S/C11H9BrFN3O2S/c12-7-6-15-5-4-10(7)16-19(17,18)11-8(13)2-1-3-9(11)14/h1-6H,14H2,(H,15,16). The summed E-state index contributed by atoms with van der Waals surface area (Å²) in [4.78, 5) is 3.23. The second kappa shape index (κ2) is 5.14. The molecule has 100 valence electrons. The first-order valence-electron chi connectivity index (χ1n) is 5.08. The fourth-order valence-corrected chi connectivity index (χ4v) is 3.22. The third-order valence-corrected chi connectivity index (χ3v) is 4.37. The van der Waals surface area contributed by atoms with E-state index in [9.17, 15) is 12.8 Å². The summed E-state index contributed by atoms with van der Waals surface area (Å²) in [5.74, 6) is -0.905. The van der Waals surface area contributed by atoms with Crippen molar-refractivity contribution in [3.63, 3.8) is 0 Å². The van der Waals surface area contributed by atoms with Crippen LogP contribution in [0, 0.1) is 5.82 Å². The van der Waals surface area contributed by atoms with Crippen molar-refractivity contribution >= 4 is 37.3 Å². The molecule has 0 saturated carbocycles. The third-order valence-electron chi connectivity index (χ3n) is 2.28. The molecule has 5 nitrogen and oxygen atoms in total. The summed E-state index contributed by atoms with van der Waals surface area (Å²) in [6.07, 6.45) is 2.83. The normalized spacial score (nSPS) is 11.3. The van der Waals surface area contributed by atoms with Gasteiger partial charge in [0.2, 0.25) is 0 Å². The largest absolute Gasteiger partial charge is 0.398 e. The van der Waals surface area contributed by atoms with Gasteiger partial charge >= 0.3 is 0 Å². The molecule has 0 unspecified atom stereocenters. The molecule has 0 bridgehead atoms. The highest BCUT2D eigenvalue weighted by Crippen LogP contribution is 2.27. The molecule has 0 aliphatic carbocycles. The molecule has 0 aliphatic rings. The summed E-state index contributed by atoms with van der Waals surface area (Å²) in [5, 5.41) is 0. The van der Waals surface area contributed by atoms with Crippen molar-refractivity contribution in [2.45, 2.75) is 4.90 Å². The zero-order valence-electron chi connectivity index (χ0n) is 9.47. The number of hydrogen-bond acceptors (Lipinski definition) is 4. The Kier molecular flexibility index (Phi) is 3.72. The van der Waals surface area contributed by atoms with Crippen LogP contribution in [0.1, 0.15) is 0 Å². The average molecular weight is 346 g/mol. The number of anilines is 2. The van der Waals surface area contributed by atoms with E-state index >= 15 is 0 Å². The smallest absolute Gasteiger partial charge is 0.266 e. The molecule has 0 fully saturated rings. The van der Waals surface area contributed by atoms with E-state index in [1.54, 1.807) is 0 Å². The van der Waals surface area contributed by atoms with Gasteiger partial charge in [-0.3, -0.25) is 9.71 Å². The van der Waals surface area contributed by atoms with Gasteiger partial charge in [0.15, 0.2) is 0 Å². The number of hydrogen-bond donors (Lipinski definition) is 2. The van der Waals surface area contributed by atoms with Crippen LogP contribution in [0.5, 0.6) is 0 Å². The van der Waals surface area contributed by atoms with Crippen LogP contribution >= 0.6 is 15.9 Å². The Labute approximate surface area is 117 Å². The molecule has 3 N–H and O–H groups in total. The van der Waals surface area contributed by atoms with Crippen molar-refractivity contribution in [3.05, 3.63) is 46.9 Å². The summed E-state index contributed by atoms with van der Waals surface area (Å²) in [6, 6.07) is 5.14. The van der Waals surface area contributed by atoms with Crippen molar-refractivity contribution in [1.29, 1.82) is 0 Å². The number of aromatic nitrogens is 1. The lowest BCUT2D eigenvalue weighted by atomic mass is 10.3. The molecular formula is C11H9BrFN3O2S. The van der Waals surface area contributed by atoms with Gasteiger partial charge < -0.3 is 5.73 Å². The average Bonchev–Trinajstić information content (AvgIpc) is 2.31. The highest BCUT2D eigenvalue weighted by molar-refractivity contribution is 9.10. The highest BCUT2D eigenvalue weighted by Gasteiger charge is 2.22. The number of nitrogen functional groups attached to an aromatic ring is 1. The van der Waals surface area contributed by atoms with Gasteiger partial charge in [-0.05, 0) is 34.1 Å². The molecule has 1 aromatic carbocycles. The van der Waals surface area contributed by atoms with Crippen LogP contribution in [0.4, 0.5) is 15.8 Å². The molecule has 8 heteroatoms. The molecule has 1 heterocycles. The highest BCUT2D eigenvalue weighted by atomic mass is 79.9. The summed E-state index contributed by atoms with van der Waals surface area (Å²) < 4.78 is 40.6. The minimum Gasteiger partial charge on any atom is -0.398 e. The number of nitrogens with two attached hydrogens (primary N) is 1. The Balaban J connectivity index is 2.47. The first-order chi connectivity index (χ1) is 8.92. The summed E-state index contributed by atoms with van der Waals surface area (Å²) >= 11 is 3.14. The first kappa shape index (κ1) is 13.8. The topological polar surface area (TPSA) is 85.1 Å². The van der Waals surface area contributed by atoms with Crippen molar-refractivity contribution in [1.82, 2.24) is 4.98 Å². The van der Waals surface area contributed by atoms with Gasteiger partial charge in [-0.15, -0.1) is 0 Å². The zero-order chi connectivity index (χ0) is 14.0. The van der Waals surface area contributed by atoms with Gasteiger partial charge in [-0.25, -0.2) is 12.8 Å². The summed E-state index contributed by atoms with van der Waals surface area (Å²) in [5.41, 5.74) is 5.61. The number of rotatable bonds is 3. The molecule has 0 aliphatic heterocycles. The van der Waals surface area contributed by atoms with E-state index in [0.29, 0.717) is 4.47 Å². The number of benzene rings is 1. The maximum absolute atomic E-state index is 13.6. The van der Waals surface area contributed by atoms with Gasteiger partial charge in [-0.2, -0.15) is 0 Å². The molecule has 0 saturated heterocycles. The SMILES string of the molecule is Nc1cccc(F)c1S(=O)(=O)Nc1ccncc1Br. The number of sulfonamides is 1. The number of pyridine rings is 1. The number of halogens is 2. The van der Waals surface area contributed by atoms with Crippen LogP contribution in [0.3, 0.4) is 0 Å². The Morgan fingerprint density at radius 1 is 1.32 bits per heavy atom. The van der Waals surface area contributed by atoms with E-state index in [1.807, 2.05) is 0 Å². The molecule has 0 radical (unpaired) electrons. The lowest BCUT2D eigenvalue weighted by Gasteiger charge is -2.11. The fourth-order valence-electron chi connectivity index (χ4n) is 1.46. The minimum absolute atomic E-state index is 0.155. The van der Waals surface area contributed by atoms with Crippen LogP contribution < -0.4 is 10.5 Å². The van der Waals surface area contributed by atoms with Gasteiger partial charge in [-0.1, -0.05) is 6.07 Å². The van der Waals surface area contributed by atoms with Crippen LogP contribution in [0.2, 0.25) is 0 Å². The predicted octanol–water partition coefficient (Wildman–Crippen LogP) is 2.37. The second-order valence-corrected chi connectivity index (χ2v) is 6.09. The molecule has 2 rings (SSSR count). The van der Waals surface area contributed by atoms with Crippen LogP contribution in [0.25, 0.3) is 0 Å². The lowest BCUT2D eigenvalue weighted by Crippen LogP contribution is -2.16. The Morgan fingerprint density at radius 3 is 2.68 bits per heavy atom. The molecule has 0 atom stereocenters. The summed E-state index contributed by atoms with van der Waals surface area (Å²) in [7, 11) is -4.10. The quantitative estimate of drug-likeness (QED) is 0.836. The molecule has 1 aromatic heterocycles. The van der Waals surface area contributed by atoms with E-state index in [4.69, 9.17) is 5.73 Å². The van der Waals surface area contributed by atoms with E-state index < -0.39 is 20.7 Å². The number of nitrogens with one attached hydrogen (secondary N) is 1. The third kappa shape index (κ3) is 2.85. The van der Waals surface area contributed by atoms with Gasteiger partial charge in [0.05, 0.1) is 15.8 Å². The van der Waals surface area contributed by atoms with Crippen molar-refractivity contribution in [2.24, 2.45) is 0 Å². The van der Waals surface area contributed by atoms with Gasteiger partial charge in [0.25, 0.3) is 10.0 Å².